The van der Waals surface area contributed by atoms with Gasteiger partial charge in [0.25, 0.3) is 0 Å². The van der Waals surface area contributed by atoms with E-state index in [0.29, 0.717) is 5.82 Å². The van der Waals surface area contributed by atoms with Gasteiger partial charge in [0.2, 0.25) is 11.8 Å². The number of aromatic nitrogens is 2. The van der Waals surface area contributed by atoms with E-state index < -0.39 is 0 Å². The van der Waals surface area contributed by atoms with Crippen molar-refractivity contribution < 1.29 is 9.59 Å². The average molecular weight is 227 g/mol. The first kappa shape index (κ1) is 9.85. The number of rotatable bonds is 1. The van der Waals surface area contributed by atoms with Crippen LogP contribution in [-0.2, 0) is 9.59 Å². The van der Waals surface area contributed by atoms with E-state index in [-0.39, 0.29) is 30.1 Å². The van der Waals surface area contributed by atoms with E-state index in [2.05, 4.69) is 15.3 Å². The molecule has 6 nitrogen and oxygen atoms in total. The van der Waals surface area contributed by atoms with Crippen molar-refractivity contribution in [3.05, 3.63) is 17.5 Å². The van der Waals surface area contributed by atoms with Crippen molar-refractivity contribution in [3.8, 4) is 0 Å². The summed E-state index contributed by atoms with van der Waals surface area (Å²) in [6, 6.07) is 0. The molecule has 1 aromatic rings. The molecule has 15 heavy (non-hydrogen) atoms. The maximum atomic E-state index is 11.1. The summed E-state index contributed by atoms with van der Waals surface area (Å²) in [4.78, 5) is 31.5. The Morgan fingerprint density at radius 3 is 2.40 bits per heavy atom. The fourth-order valence-electron chi connectivity index (χ4n) is 1.31. The zero-order chi connectivity index (χ0) is 10.8. The molecule has 0 aliphatic carbocycles. The summed E-state index contributed by atoms with van der Waals surface area (Å²) in [6.07, 6.45) is 2.90. The molecule has 0 spiro atoms. The molecule has 0 atom stereocenters. The number of piperazine rings is 1. The zero-order valence-electron chi connectivity index (χ0n) is 7.61. The van der Waals surface area contributed by atoms with Gasteiger partial charge in [0.05, 0.1) is 13.1 Å². The Kier molecular flexibility index (Phi) is 2.51. The largest absolute Gasteiger partial charge is 0.335 e. The van der Waals surface area contributed by atoms with E-state index >= 15 is 0 Å². The van der Waals surface area contributed by atoms with Gasteiger partial charge >= 0.3 is 0 Å². The molecule has 1 aliphatic rings. The number of carbonyl (C=O) groups is 2. The van der Waals surface area contributed by atoms with Gasteiger partial charge in [0.1, 0.15) is 0 Å². The molecule has 1 aliphatic heterocycles. The monoisotopic (exact) mass is 226 g/mol. The standard InChI is InChI=1S/C8H7ClN4O2/c9-7-8(11-2-1-10-7)13-3-5(14)12-6(15)4-13/h1-2H,3-4H2,(H,12,14,15). The van der Waals surface area contributed by atoms with Crippen molar-refractivity contribution in [2.45, 2.75) is 0 Å². The lowest BCUT2D eigenvalue weighted by Crippen LogP contribution is -2.51. The molecule has 1 fully saturated rings. The molecular formula is C8H7ClN4O2. The minimum Gasteiger partial charge on any atom is -0.335 e. The predicted molar refractivity (Wildman–Crippen MR) is 52.4 cm³/mol. The number of nitrogens with one attached hydrogen (secondary N) is 1. The van der Waals surface area contributed by atoms with Crippen molar-refractivity contribution in [1.82, 2.24) is 15.3 Å². The molecule has 0 bridgehead atoms. The molecule has 0 unspecified atom stereocenters. The van der Waals surface area contributed by atoms with Gasteiger partial charge in [-0.3, -0.25) is 14.9 Å². The van der Waals surface area contributed by atoms with E-state index in [0.717, 1.165) is 0 Å². The van der Waals surface area contributed by atoms with Crippen LogP contribution in [0.2, 0.25) is 5.15 Å². The Morgan fingerprint density at radius 1 is 1.20 bits per heavy atom. The van der Waals surface area contributed by atoms with Gasteiger partial charge in [0, 0.05) is 12.4 Å². The molecule has 0 radical (unpaired) electrons. The highest BCUT2D eigenvalue weighted by Gasteiger charge is 2.25. The van der Waals surface area contributed by atoms with Crippen LogP contribution >= 0.6 is 11.6 Å². The van der Waals surface area contributed by atoms with Crippen molar-refractivity contribution in [2.24, 2.45) is 0 Å². The summed E-state index contributed by atoms with van der Waals surface area (Å²) in [7, 11) is 0. The van der Waals surface area contributed by atoms with Crippen molar-refractivity contribution in [3.63, 3.8) is 0 Å². The second kappa shape index (κ2) is 3.82. The number of nitrogens with zero attached hydrogens (tertiary/aromatic N) is 3. The van der Waals surface area contributed by atoms with E-state index in [4.69, 9.17) is 11.6 Å². The number of amides is 2. The Balaban J connectivity index is 2.27. The Labute approximate surface area is 90.3 Å². The lowest BCUT2D eigenvalue weighted by atomic mass is 10.3. The van der Waals surface area contributed by atoms with Crippen molar-refractivity contribution >= 4 is 29.2 Å². The Bertz CT molecular complexity index is 407. The van der Waals surface area contributed by atoms with Gasteiger partial charge in [-0.25, -0.2) is 9.97 Å². The summed E-state index contributed by atoms with van der Waals surface area (Å²) >= 11 is 5.79. The van der Waals surface area contributed by atoms with Gasteiger partial charge in [-0.1, -0.05) is 11.6 Å². The minimum absolute atomic E-state index is 0.0597. The smallest absolute Gasteiger partial charge is 0.246 e. The van der Waals surface area contributed by atoms with Crippen LogP contribution in [0.4, 0.5) is 5.82 Å². The second-order valence-electron chi connectivity index (χ2n) is 3.00. The normalized spacial score (nSPS) is 16.5. The van der Waals surface area contributed by atoms with Crippen LogP contribution in [0.3, 0.4) is 0 Å². The van der Waals surface area contributed by atoms with Gasteiger partial charge in [-0.2, -0.15) is 0 Å². The lowest BCUT2D eigenvalue weighted by Gasteiger charge is -2.26. The summed E-state index contributed by atoms with van der Waals surface area (Å²) in [5.74, 6) is -0.386. The SMILES string of the molecule is O=C1CN(c2nccnc2Cl)CC(=O)N1. The van der Waals surface area contributed by atoms with E-state index in [1.54, 1.807) is 0 Å². The maximum absolute atomic E-state index is 11.1. The third-order valence-corrected chi connectivity index (χ3v) is 2.15. The zero-order valence-corrected chi connectivity index (χ0v) is 8.36. The van der Waals surface area contributed by atoms with E-state index in [1.807, 2.05) is 0 Å². The predicted octanol–water partition coefficient (Wildman–Crippen LogP) is -0.407. The molecule has 1 N–H and O–H groups in total. The van der Waals surface area contributed by atoms with Crippen LogP contribution in [0.25, 0.3) is 0 Å². The second-order valence-corrected chi connectivity index (χ2v) is 3.36. The summed E-state index contributed by atoms with van der Waals surface area (Å²) < 4.78 is 0. The molecule has 7 heteroatoms. The number of imide groups is 1. The number of carbonyl (C=O) groups excluding carboxylic acids is 2. The van der Waals surface area contributed by atoms with Gasteiger partial charge in [-0.15, -0.1) is 0 Å². The number of hydrogen-bond donors (Lipinski definition) is 1. The molecule has 0 saturated carbocycles. The van der Waals surface area contributed by atoms with Crippen LogP contribution in [0.15, 0.2) is 12.4 Å². The number of halogens is 1. The molecule has 2 amide bonds. The number of hydrogen-bond acceptors (Lipinski definition) is 5. The first-order valence-electron chi connectivity index (χ1n) is 4.21. The third-order valence-electron chi connectivity index (χ3n) is 1.88. The number of anilines is 1. The van der Waals surface area contributed by atoms with Gasteiger partial charge in [-0.05, 0) is 0 Å². The van der Waals surface area contributed by atoms with Crippen LogP contribution in [0.5, 0.6) is 0 Å². The summed E-state index contributed by atoms with van der Waals surface area (Å²) in [5.41, 5.74) is 0. The molecule has 78 valence electrons. The highest BCUT2D eigenvalue weighted by molar-refractivity contribution is 6.31. The lowest BCUT2D eigenvalue weighted by molar-refractivity contribution is -0.130. The first-order chi connectivity index (χ1) is 7.16. The molecule has 1 aromatic heterocycles. The first-order valence-corrected chi connectivity index (χ1v) is 4.59. The summed E-state index contributed by atoms with van der Waals surface area (Å²) in [6.45, 7) is 0.119. The Hall–Kier alpha value is -1.69. The van der Waals surface area contributed by atoms with E-state index in [1.165, 1.54) is 17.3 Å². The topological polar surface area (TPSA) is 75.2 Å². The quantitative estimate of drug-likeness (QED) is 0.659. The molecule has 0 aromatic carbocycles. The molecule has 1 saturated heterocycles. The van der Waals surface area contributed by atoms with Gasteiger partial charge < -0.3 is 4.90 Å². The van der Waals surface area contributed by atoms with E-state index in [9.17, 15) is 9.59 Å². The minimum atomic E-state index is -0.368. The fourth-order valence-corrected chi connectivity index (χ4v) is 1.54. The van der Waals surface area contributed by atoms with Crippen LogP contribution in [0, 0.1) is 0 Å². The third kappa shape index (κ3) is 2.04. The van der Waals surface area contributed by atoms with Crippen LogP contribution < -0.4 is 10.2 Å². The van der Waals surface area contributed by atoms with Crippen LogP contribution in [0.1, 0.15) is 0 Å². The highest BCUT2D eigenvalue weighted by Crippen LogP contribution is 2.19. The molecule has 2 heterocycles. The average Bonchev–Trinajstić information content (AvgIpc) is 2.16. The Morgan fingerprint density at radius 2 is 1.80 bits per heavy atom. The van der Waals surface area contributed by atoms with Crippen molar-refractivity contribution in [1.29, 1.82) is 0 Å². The summed E-state index contributed by atoms with van der Waals surface area (Å²) in [5, 5.41) is 2.37. The highest BCUT2D eigenvalue weighted by atomic mass is 35.5. The fraction of sp³-hybridized carbons (Fsp3) is 0.250. The maximum Gasteiger partial charge on any atom is 0.246 e. The van der Waals surface area contributed by atoms with Crippen LogP contribution in [-0.4, -0.2) is 34.9 Å². The van der Waals surface area contributed by atoms with Crippen molar-refractivity contribution in [2.75, 3.05) is 18.0 Å². The molecular weight excluding hydrogens is 220 g/mol. The molecule has 2 rings (SSSR count). The van der Waals surface area contributed by atoms with Gasteiger partial charge in [0.15, 0.2) is 11.0 Å².